The van der Waals surface area contributed by atoms with E-state index in [0.29, 0.717) is 13.0 Å². The highest BCUT2D eigenvalue weighted by molar-refractivity contribution is 5.71. The normalized spacial score (nSPS) is 11.8. The molecule has 0 fully saturated rings. The Kier molecular flexibility index (Phi) is 5.26. The first-order chi connectivity index (χ1) is 7.77. The molecule has 1 aromatic rings. The summed E-state index contributed by atoms with van der Waals surface area (Å²) < 4.78 is 4.89. The van der Waals surface area contributed by atoms with Gasteiger partial charge in [-0.05, 0) is 12.5 Å². The van der Waals surface area contributed by atoms with Crippen molar-refractivity contribution in [1.29, 1.82) is 0 Å². The predicted molar refractivity (Wildman–Crippen MR) is 61.1 cm³/mol. The smallest absolute Gasteiger partial charge is 0.306 e. The fourth-order valence-electron chi connectivity index (χ4n) is 1.60. The Bertz CT molecular complexity index is 332. The third kappa shape index (κ3) is 3.85. The average molecular weight is 220 g/mol. The van der Waals surface area contributed by atoms with Crippen molar-refractivity contribution in [3.63, 3.8) is 0 Å². The fraction of sp³-hybridized carbons (Fsp3) is 0.385. The van der Waals surface area contributed by atoms with Crippen LogP contribution in [0.5, 0.6) is 0 Å². The second-order valence-electron chi connectivity index (χ2n) is 3.52. The van der Waals surface area contributed by atoms with E-state index in [1.165, 1.54) is 0 Å². The molecular weight excluding hydrogens is 204 g/mol. The molecule has 0 N–H and O–H groups in total. The minimum Gasteiger partial charge on any atom is -0.466 e. The van der Waals surface area contributed by atoms with Crippen molar-refractivity contribution in [2.75, 3.05) is 6.61 Å². The molecule has 0 radical (unpaired) electrons. The van der Waals surface area contributed by atoms with Crippen LogP contribution in [0.3, 0.4) is 0 Å². The number of benzene rings is 1. The lowest BCUT2D eigenvalue weighted by molar-refractivity contribution is -0.143. The van der Waals surface area contributed by atoms with Crippen LogP contribution in [0.1, 0.15) is 31.2 Å². The van der Waals surface area contributed by atoms with Gasteiger partial charge in [-0.2, -0.15) is 0 Å². The summed E-state index contributed by atoms with van der Waals surface area (Å²) in [7, 11) is 0. The number of rotatable bonds is 6. The van der Waals surface area contributed by atoms with Crippen molar-refractivity contribution in [2.24, 2.45) is 0 Å². The molecule has 1 atom stereocenters. The number of hydrogen-bond acceptors (Lipinski definition) is 3. The predicted octanol–water partition coefficient (Wildman–Crippen LogP) is 2.31. The molecule has 0 amide bonds. The van der Waals surface area contributed by atoms with Gasteiger partial charge >= 0.3 is 5.97 Å². The monoisotopic (exact) mass is 220 g/mol. The Morgan fingerprint density at radius 3 is 2.62 bits per heavy atom. The third-order valence-electron chi connectivity index (χ3n) is 2.37. The van der Waals surface area contributed by atoms with Crippen LogP contribution in [-0.2, 0) is 14.3 Å². The lowest BCUT2D eigenvalue weighted by atomic mass is 9.93. The van der Waals surface area contributed by atoms with Crippen LogP contribution in [-0.4, -0.2) is 18.9 Å². The molecule has 1 unspecified atom stereocenters. The Morgan fingerprint density at radius 1 is 1.38 bits per heavy atom. The lowest BCUT2D eigenvalue weighted by Gasteiger charge is -2.13. The van der Waals surface area contributed by atoms with Crippen molar-refractivity contribution in [3.8, 4) is 0 Å². The second kappa shape index (κ2) is 6.77. The van der Waals surface area contributed by atoms with Gasteiger partial charge in [0.05, 0.1) is 13.0 Å². The van der Waals surface area contributed by atoms with Gasteiger partial charge in [0.25, 0.3) is 0 Å². The molecule has 0 spiro atoms. The van der Waals surface area contributed by atoms with Crippen LogP contribution in [0.2, 0.25) is 0 Å². The van der Waals surface area contributed by atoms with E-state index in [9.17, 15) is 9.59 Å². The van der Waals surface area contributed by atoms with Crippen molar-refractivity contribution >= 4 is 12.3 Å². The number of hydrogen-bond donors (Lipinski definition) is 0. The fourth-order valence-corrected chi connectivity index (χ4v) is 1.60. The van der Waals surface area contributed by atoms with E-state index in [4.69, 9.17) is 4.74 Å². The Morgan fingerprint density at radius 2 is 2.06 bits per heavy atom. The topological polar surface area (TPSA) is 43.4 Å². The van der Waals surface area contributed by atoms with E-state index in [0.717, 1.165) is 11.8 Å². The van der Waals surface area contributed by atoms with Gasteiger partial charge in [-0.15, -0.1) is 0 Å². The van der Waals surface area contributed by atoms with E-state index in [1.54, 1.807) is 6.92 Å². The zero-order valence-corrected chi connectivity index (χ0v) is 9.39. The molecule has 0 aliphatic heterocycles. The number of carbonyl (C=O) groups is 2. The van der Waals surface area contributed by atoms with Crippen LogP contribution in [0.25, 0.3) is 0 Å². The van der Waals surface area contributed by atoms with Crippen molar-refractivity contribution in [2.45, 2.75) is 25.7 Å². The molecule has 0 aliphatic rings. The van der Waals surface area contributed by atoms with Gasteiger partial charge in [0, 0.05) is 12.3 Å². The SMILES string of the molecule is CCOC(=O)CC(CC=O)c1ccccc1. The maximum absolute atomic E-state index is 11.4. The molecule has 0 saturated carbocycles. The molecule has 86 valence electrons. The highest BCUT2D eigenvalue weighted by Gasteiger charge is 2.16. The molecule has 3 heteroatoms. The molecule has 16 heavy (non-hydrogen) atoms. The largest absolute Gasteiger partial charge is 0.466 e. The highest BCUT2D eigenvalue weighted by Crippen LogP contribution is 2.22. The summed E-state index contributed by atoms with van der Waals surface area (Å²) in [6.45, 7) is 2.15. The summed E-state index contributed by atoms with van der Waals surface area (Å²) in [5, 5.41) is 0. The minimum absolute atomic E-state index is 0.0715. The molecule has 0 aromatic heterocycles. The standard InChI is InChI=1S/C13H16O3/c1-2-16-13(15)10-12(8-9-14)11-6-4-3-5-7-11/h3-7,9,12H,2,8,10H2,1H3. The van der Waals surface area contributed by atoms with E-state index in [-0.39, 0.29) is 18.3 Å². The molecule has 3 nitrogen and oxygen atoms in total. The van der Waals surface area contributed by atoms with Gasteiger partial charge < -0.3 is 9.53 Å². The van der Waals surface area contributed by atoms with Crippen molar-refractivity contribution in [1.82, 2.24) is 0 Å². The summed E-state index contributed by atoms with van der Waals surface area (Å²) in [6.07, 6.45) is 1.45. The first kappa shape index (κ1) is 12.4. The lowest BCUT2D eigenvalue weighted by Crippen LogP contribution is -2.11. The first-order valence-corrected chi connectivity index (χ1v) is 5.42. The van der Waals surface area contributed by atoms with Crippen LogP contribution in [0, 0.1) is 0 Å². The van der Waals surface area contributed by atoms with Gasteiger partial charge in [0.1, 0.15) is 6.29 Å². The quantitative estimate of drug-likeness (QED) is 0.545. The van der Waals surface area contributed by atoms with Crippen molar-refractivity contribution < 1.29 is 14.3 Å². The summed E-state index contributed by atoms with van der Waals surface area (Å²) in [6, 6.07) is 9.56. The number of carbonyl (C=O) groups excluding carboxylic acids is 2. The molecule has 0 heterocycles. The van der Waals surface area contributed by atoms with Gasteiger partial charge in [-0.1, -0.05) is 30.3 Å². The maximum Gasteiger partial charge on any atom is 0.306 e. The Labute approximate surface area is 95.4 Å². The summed E-state index contributed by atoms with van der Waals surface area (Å²) in [4.78, 5) is 21.9. The average Bonchev–Trinajstić information content (AvgIpc) is 2.30. The molecule has 0 bridgehead atoms. The number of esters is 1. The van der Waals surface area contributed by atoms with Gasteiger partial charge in [0.2, 0.25) is 0 Å². The molecule has 1 rings (SSSR count). The molecule has 1 aromatic carbocycles. The molecule has 0 aliphatic carbocycles. The van der Waals surface area contributed by atoms with E-state index in [1.807, 2.05) is 30.3 Å². The Hall–Kier alpha value is -1.64. The zero-order valence-electron chi connectivity index (χ0n) is 9.39. The van der Waals surface area contributed by atoms with E-state index < -0.39 is 0 Å². The highest BCUT2D eigenvalue weighted by atomic mass is 16.5. The number of ether oxygens (including phenoxy) is 1. The molecular formula is C13H16O3. The van der Waals surface area contributed by atoms with Crippen LogP contribution in [0.4, 0.5) is 0 Å². The Balaban J connectivity index is 2.68. The first-order valence-electron chi connectivity index (χ1n) is 5.42. The summed E-state index contributed by atoms with van der Waals surface area (Å²) in [5.41, 5.74) is 1.00. The number of aldehydes is 1. The third-order valence-corrected chi connectivity index (χ3v) is 2.37. The van der Waals surface area contributed by atoms with Crippen LogP contribution < -0.4 is 0 Å². The van der Waals surface area contributed by atoms with Crippen LogP contribution >= 0.6 is 0 Å². The van der Waals surface area contributed by atoms with Crippen molar-refractivity contribution in [3.05, 3.63) is 35.9 Å². The van der Waals surface area contributed by atoms with Crippen LogP contribution in [0.15, 0.2) is 30.3 Å². The summed E-state index contributed by atoms with van der Waals surface area (Å²) >= 11 is 0. The second-order valence-corrected chi connectivity index (χ2v) is 3.52. The minimum atomic E-state index is -0.252. The van der Waals surface area contributed by atoms with E-state index in [2.05, 4.69) is 0 Å². The van der Waals surface area contributed by atoms with E-state index >= 15 is 0 Å². The zero-order chi connectivity index (χ0) is 11.8. The van der Waals surface area contributed by atoms with Gasteiger partial charge in [0.15, 0.2) is 0 Å². The van der Waals surface area contributed by atoms with Gasteiger partial charge in [-0.3, -0.25) is 4.79 Å². The van der Waals surface area contributed by atoms with Gasteiger partial charge in [-0.25, -0.2) is 0 Å². The maximum atomic E-state index is 11.4. The summed E-state index contributed by atoms with van der Waals surface area (Å²) in [5.74, 6) is -0.323. The molecule has 0 saturated heterocycles.